The standard InChI is InChI=1S/C12H21N3S/c1-3-10-5-4-6-15(8-10)12-14-11(7-13-2)9-16-12/h9-10,13H,3-8H2,1-2H3. The summed E-state index contributed by atoms with van der Waals surface area (Å²) >= 11 is 1.78. The molecule has 0 radical (unpaired) electrons. The molecule has 4 heteroatoms. The van der Waals surface area contributed by atoms with Gasteiger partial charge in [0.15, 0.2) is 5.13 Å². The van der Waals surface area contributed by atoms with Crippen LogP contribution in [0.15, 0.2) is 5.38 Å². The first kappa shape index (κ1) is 11.9. The van der Waals surface area contributed by atoms with Crippen molar-refractivity contribution in [1.82, 2.24) is 10.3 Å². The average Bonchev–Trinajstić information content (AvgIpc) is 2.78. The fourth-order valence-corrected chi connectivity index (χ4v) is 3.14. The Kier molecular flexibility index (Phi) is 4.18. The summed E-state index contributed by atoms with van der Waals surface area (Å²) in [7, 11) is 1.97. The largest absolute Gasteiger partial charge is 0.348 e. The molecule has 1 aliphatic rings. The second kappa shape index (κ2) is 5.64. The van der Waals surface area contributed by atoms with Gasteiger partial charge >= 0.3 is 0 Å². The Hall–Kier alpha value is -0.610. The van der Waals surface area contributed by atoms with E-state index in [0.29, 0.717) is 0 Å². The minimum Gasteiger partial charge on any atom is -0.348 e. The minimum atomic E-state index is 0.866. The molecule has 0 aliphatic carbocycles. The number of hydrogen-bond donors (Lipinski definition) is 1. The maximum atomic E-state index is 4.67. The van der Waals surface area contributed by atoms with Gasteiger partial charge in [-0.1, -0.05) is 13.3 Å². The minimum absolute atomic E-state index is 0.866. The highest BCUT2D eigenvalue weighted by Gasteiger charge is 2.20. The highest BCUT2D eigenvalue weighted by molar-refractivity contribution is 7.13. The summed E-state index contributed by atoms with van der Waals surface area (Å²) in [5.74, 6) is 0.866. The van der Waals surface area contributed by atoms with Gasteiger partial charge in [-0.05, 0) is 25.8 Å². The Morgan fingerprint density at radius 1 is 1.62 bits per heavy atom. The van der Waals surface area contributed by atoms with Gasteiger partial charge in [0.1, 0.15) is 0 Å². The van der Waals surface area contributed by atoms with Crippen LogP contribution in [0.3, 0.4) is 0 Å². The summed E-state index contributed by atoms with van der Waals surface area (Å²) in [6.07, 6.45) is 4.01. The van der Waals surface area contributed by atoms with Crippen LogP contribution in [0, 0.1) is 5.92 Å². The van der Waals surface area contributed by atoms with E-state index in [9.17, 15) is 0 Å². The van der Waals surface area contributed by atoms with Crippen LogP contribution in [0.1, 0.15) is 31.9 Å². The predicted molar refractivity (Wildman–Crippen MR) is 70.1 cm³/mol. The number of nitrogens with zero attached hydrogens (tertiary/aromatic N) is 2. The molecule has 0 aromatic carbocycles. The highest BCUT2D eigenvalue weighted by Crippen LogP contribution is 2.27. The molecular formula is C12H21N3S. The van der Waals surface area contributed by atoms with Crippen molar-refractivity contribution in [1.29, 1.82) is 0 Å². The van der Waals surface area contributed by atoms with Crippen molar-refractivity contribution in [2.24, 2.45) is 5.92 Å². The van der Waals surface area contributed by atoms with Crippen molar-refractivity contribution in [3.63, 3.8) is 0 Å². The molecule has 2 rings (SSSR count). The lowest BCUT2D eigenvalue weighted by Crippen LogP contribution is -2.35. The van der Waals surface area contributed by atoms with Gasteiger partial charge in [-0.2, -0.15) is 0 Å². The van der Waals surface area contributed by atoms with Crippen LogP contribution >= 0.6 is 11.3 Å². The molecule has 1 atom stereocenters. The predicted octanol–water partition coefficient (Wildman–Crippen LogP) is 2.49. The summed E-state index contributed by atoms with van der Waals surface area (Å²) in [5, 5.41) is 6.53. The SMILES string of the molecule is CCC1CCCN(c2nc(CNC)cs2)C1. The average molecular weight is 239 g/mol. The molecule has 16 heavy (non-hydrogen) atoms. The topological polar surface area (TPSA) is 28.2 Å². The summed E-state index contributed by atoms with van der Waals surface area (Å²) in [5.41, 5.74) is 1.17. The Morgan fingerprint density at radius 3 is 3.25 bits per heavy atom. The molecule has 1 aromatic rings. The number of rotatable bonds is 4. The van der Waals surface area contributed by atoms with Crippen LogP contribution in [0.5, 0.6) is 0 Å². The van der Waals surface area contributed by atoms with Crippen LogP contribution in [-0.2, 0) is 6.54 Å². The molecule has 1 fully saturated rings. The normalized spacial score (nSPS) is 21.4. The van der Waals surface area contributed by atoms with Gasteiger partial charge in [0.25, 0.3) is 0 Å². The number of anilines is 1. The third-order valence-corrected chi connectivity index (χ3v) is 4.21. The van der Waals surface area contributed by atoms with E-state index in [1.807, 2.05) is 7.05 Å². The van der Waals surface area contributed by atoms with E-state index in [1.165, 1.54) is 43.2 Å². The van der Waals surface area contributed by atoms with Crippen LogP contribution in [0.2, 0.25) is 0 Å². The van der Waals surface area contributed by atoms with Gasteiger partial charge in [-0.3, -0.25) is 0 Å². The smallest absolute Gasteiger partial charge is 0.185 e. The first-order chi connectivity index (χ1) is 7.83. The zero-order valence-electron chi connectivity index (χ0n) is 10.2. The molecule has 0 bridgehead atoms. The quantitative estimate of drug-likeness (QED) is 0.875. The summed E-state index contributed by atoms with van der Waals surface area (Å²) in [6, 6.07) is 0. The molecule has 1 aromatic heterocycles. The van der Waals surface area contributed by atoms with Crippen molar-refractivity contribution < 1.29 is 0 Å². The molecule has 1 aliphatic heterocycles. The molecule has 1 N–H and O–H groups in total. The van der Waals surface area contributed by atoms with Gasteiger partial charge in [0.2, 0.25) is 0 Å². The molecule has 2 heterocycles. The second-order valence-electron chi connectivity index (χ2n) is 4.51. The molecule has 0 saturated carbocycles. The van der Waals surface area contributed by atoms with Crippen molar-refractivity contribution in [3.05, 3.63) is 11.1 Å². The molecular weight excluding hydrogens is 218 g/mol. The van der Waals surface area contributed by atoms with Crippen molar-refractivity contribution in [2.75, 3.05) is 25.0 Å². The van der Waals surface area contributed by atoms with Crippen molar-refractivity contribution >= 4 is 16.5 Å². The van der Waals surface area contributed by atoms with E-state index >= 15 is 0 Å². The molecule has 0 amide bonds. The lowest BCUT2D eigenvalue weighted by molar-refractivity contribution is 0.404. The van der Waals surface area contributed by atoms with Gasteiger partial charge in [0.05, 0.1) is 5.69 Å². The third-order valence-electron chi connectivity index (χ3n) is 3.26. The summed E-state index contributed by atoms with van der Waals surface area (Å²) < 4.78 is 0. The fourth-order valence-electron chi connectivity index (χ4n) is 2.28. The fraction of sp³-hybridized carbons (Fsp3) is 0.750. The molecule has 1 unspecified atom stereocenters. The number of nitrogens with one attached hydrogen (secondary N) is 1. The zero-order valence-corrected chi connectivity index (χ0v) is 11.0. The Labute approximate surface area is 102 Å². The lowest BCUT2D eigenvalue weighted by Gasteiger charge is -2.31. The van der Waals surface area contributed by atoms with Crippen LogP contribution in [-0.4, -0.2) is 25.1 Å². The van der Waals surface area contributed by atoms with Crippen LogP contribution < -0.4 is 10.2 Å². The van der Waals surface area contributed by atoms with Gasteiger partial charge in [-0.15, -0.1) is 11.3 Å². The Morgan fingerprint density at radius 2 is 2.50 bits per heavy atom. The molecule has 90 valence electrons. The lowest BCUT2D eigenvalue weighted by atomic mass is 9.96. The van der Waals surface area contributed by atoms with Gasteiger partial charge in [-0.25, -0.2) is 4.98 Å². The number of aromatic nitrogens is 1. The Bertz CT molecular complexity index is 324. The second-order valence-corrected chi connectivity index (χ2v) is 5.35. The van der Waals surface area contributed by atoms with E-state index in [4.69, 9.17) is 0 Å². The van der Waals surface area contributed by atoms with E-state index in [2.05, 4.69) is 27.5 Å². The summed E-state index contributed by atoms with van der Waals surface area (Å²) in [4.78, 5) is 7.13. The Balaban J connectivity index is 1.99. The van der Waals surface area contributed by atoms with Crippen LogP contribution in [0.4, 0.5) is 5.13 Å². The maximum absolute atomic E-state index is 4.67. The van der Waals surface area contributed by atoms with E-state index in [-0.39, 0.29) is 0 Å². The maximum Gasteiger partial charge on any atom is 0.185 e. The monoisotopic (exact) mass is 239 g/mol. The molecule has 0 spiro atoms. The zero-order chi connectivity index (χ0) is 11.4. The van der Waals surface area contributed by atoms with Crippen molar-refractivity contribution in [3.8, 4) is 0 Å². The van der Waals surface area contributed by atoms with E-state index in [0.717, 1.165) is 12.5 Å². The van der Waals surface area contributed by atoms with E-state index in [1.54, 1.807) is 11.3 Å². The van der Waals surface area contributed by atoms with E-state index < -0.39 is 0 Å². The number of thiazole rings is 1. The number of piperidine rings is 1. The van der Waals surface area contributed by atoms with Crippen LogP contribution in [0.25, 0.3) is 0 Å². The first-order valence-electron chi connectivity index (χ1n) is 6.17. The third kappa shape index (κ3) is 2.74. The first-order valence-corrected chi connectivity index (χ1v) is 7.05. The molecule has 3 nitrogen and oxygen atoms in total. The van der Waals surface area contributed by atoms with Crippen molar-refractivity contribution in [2.45, 2.75) is 32.7 Å². The molecule has 1 saturated heterocycles. The highest BCUT2D eigenvalue weighted by atomic mass is 32.1. The summed E-state index contributed by atoms with van der Waals surface area (Å²) in [6.45, 7) is 5.55. The van der Waals surface area contributed by atoms with Gasteiger partial charge in [0, 0.05) is 25.0 Å². The van der Waals surface area contributed by atoms with Gasteiger partial charge < -0.3 is 10.2 Å². The number of hydrogen-bond acceptors (Lipinski definition) is 4.